The van der Waals surface area contributed by atoms with E-state index in [-0.39, 0.29) is 11.9 Å². The molecule has 1 fully saturated rings. The number of nitrogens with one attached hydrogen (secondary N) is 2. The largest absolute Gasteiger partial charge is 0.358 e. The molecule has 0 aromatic heterocycles. The van der Waals surface area contributed by atoms with Gasteiger partial charge in [0.05, 0.1) is 6.04 Å². The van der Waals surface area contributed by atoms with E-state index < -0.39 is 0 Å². The van der Waals surface area contributed by atoms with E-state index in [2.05, 4.69) is 15.5 Å². The minimum absolute atomic E-state index is 0.0428. The van der Waals surface area contributed by atoms with E-state index in [0.717, 1.165) is 13.1 Å². The zero-order valence-electron chi connectivity index (χ0n) is 10.0. The highest BCUT2D eigenvalue weighted by Gasteiger charge is 2.20. The van der Waals surface area contributed by atoms with Gasteiger partial charge in [-0.25, -0.2) is 0 Å². The number of piperidine rings is 1. The van der Waals surface area contributed by atoms with Gasteiger partial charge in [-0.1, -0.05) is 6.42 Å². The number of amides is 1. The zero-order chi connectivity index (χ0) is 11.3. The second-order valence-corrected chi connectivity index (χ2v) is 4.38. The third-order valence-corrected chi connectivity index (χ3v) is 3.21. The molecule has 0 bridgehead atoms. The normalized spacial score (nSPS) is 23.9. The Morgan fingerprint density at radius 1 is 1.60 bits per heavy atom. The Hall–Kier alpha value is -0.610. The molecule has 0 aromatic rings. The van der Waals surface area contributed by atoms with Gasteiger partial charge in [0.2, 0.25) is 5.91 Å². The van der Waals surface area contributed by atoms with Crippen LogP contribution in [0, 0.1) is 0 Å². The standard InChI is InChI=1S/C11H23N3O/c1-9(11(15)12-2)14(3)8-10-6-4-5-7-13-10/h9-10,13H,4-8H2,1-3H3,(H,12,15). The molecule has 0 spiro atoms. The minimum Gasteiger partial charge on any atom is -0.358 e. The van der Waals surface area contributed by atoms with Crippen LogP contribution in [0.3, 0.4) is 0 Å². The summed E-state index contributed by atoms with van der Waals surface area (Å²) in [5.41, 5.74) is 0. The van der Waals surface area contributed by atoms with Crippen molar-refractivity contribution in [1.29, 1.82) is 0 Å². The Balaban J connectivity index is 2.32. The van der Waals surface area contributed by atoms with Gasteiger partial charge < -0.3 is 10.6 Å². The summed E-state index contributed by atoms with van der Waals surface area (Å²) >= 11 is 0. The quantitative estimate of drug-likeness (QED) is 0.701. The SMILES string of the molecule is CNC(=O)C(C)N(C)CC1CCCCN1. The van der Waals surface area contributed by atoms with Crippen LogP contribution in [0.4, 0.5) is 0 Å². The molecule has 1 aliphatic rings. The summed E-state index contributed by atoms with van der Waals surface area (Å²) in [7, 11) is 3.70. The van der Waals surface area contributed by atoms with E-state index in [9.17, 15) is 4.79 Å². The van der Waals surface area contributed by atoms with Crippen molar-refractivity contribution in [3.63, 3.8) is 0 Å². The van der Waals surface area contributed by atoms with Gasteiger partial charge in [0.1, 0.15) is 0 Å². The van der Waals surface area contributed by atoms with Crippen LogP contribution in [-0.2, 0) is 4.79 Å². The van der Waals surface area contributed by atoms with Gasteiger partial charge in [0, 0.05) is 19.6 Å². The van der Waals surface area contributed by atoms with Crippen LogP contribution in [0.25, 0.3) is 0 Å². The van der Waals surface area contributed by atoms with Crippen LogP contribution in [0.15, 0.2) is 0 Å². The van der Waals surface area contributed by atoms with Crippen LogP contribution in [0.5, 0.6) is 0 Å². The number of nitrogens with zero attached hydrogens (tertiary/aromatic N) is 1. The molecule has 0 aromatic carbocycles. The number of hydrogen-bond acceptors (Lipinski definition) is 3. The molecule has 4 nitrogen and oxygen atoms in total. The number of carbonyl (C=O) groups is 1. The number of hydrogen-bond donors (Lipinski definition) is 2. The van der Waals surface area contributed by atoms with Crippen molar-refractivity contribution in [1.82, 2.24) is 15.5 Å². The minimum atomic E-state index is -0.0428. The van der Waals surface area contributed by atoms with Gasteiger partial charge in [-0.2, -0.15) is 0 Å². The fourth-order valence-electron chi connectivity index (χ4n) is 1.99. The molecule has 2 N–H and O–H groups in total. The van der Waals surface area contributed by atoms with E-state index in [1.807, 2.05) is 14.0 Å². The predicted octanol–water partition coefficient (Wildman–Crippen LogP) is 0.195. The first-order valence-corrected chi connectivity index (χ1v) is 5.80. The maximum atomic E-state index is 11.4. The Bertz CT molecular complexity index is 202. The topological polar surface area (TPSA) is 44.4 Å². The molecular weight excluding hydrogens is 190 g/mol. The first kappa shape index (κ1) is 12.5. The average Bonchev–Trinajstić information content (AvgIpc) is 2.28. The molecular formula is C11H23N3O. The van der Waals surface area contributed by atoms with E-state index >= 15 is 0 Å². The first-order chi connectivity index (χ1) is 7.15. The highest BCUT2D eigenvalue weighted by atomic mass is 16.2. The van der Waals surface area contributed by atoms with Crippen LogP contribution in [0.1, 0.15) is 26.2 Å². The van der Waals surface area contributed by atoms with Crippen molar-refractivity contribution in [2.24, 2.45) is 0 Å². The molecule has 4 heteroatoms. The van der Waals surface area contributed by atoms with E-state index in [1.54, 1.807) is 7.05 Å². The van der Waals surface area contributed by atoms with Crippen LogP contribution < -0.4 is 10.6 Å². The first-order valence-electron chi connectivity index (χ1n) is 5.80. The zero-order valence-corrected chi connectivity index (χ0v) is 10.0. The predicted molar refractivity (Wildman–Crippen MR) is 61.8 cm³/mol. The number of rotatable bonds is 4. The Morgan fingerprint density at radius 3 is 2.87 bits per heavy atom. The molecule has 88 valence electrons. The summed E-state index contributed by atoms with van der Waals surface area (Å²) < 4.78 is 0. The summed E-state index contributed by atoms with van der Waals surface area (Å²) in [5.74, 6) is 0.0910. The maximum Gasteiger partial charge on any atom is 0.236 e. The van der Waals surface area contributed by atoms with Crippen LogP contribution in [0.2, 0.25) is 0 Å². The fourth-order valence-corrected chi connectivity index (χ4v) is 1.99. The molecule has 1 heterocycles. The summed E-state index contributed by atoms with van der Waals surface area (Å²) in [5, 5.41) is 6.17. The molecule has 2 atom stereocenters. The molecule has 1 rings (SSSR count). The van der Waals surface area contributed by atoms with Crippen molar-refractivity contribution in [2.75, 3.05) is 27.2 Å². The molecule has 0 radical (unpaired) electrons. The summed E-state index contributed by atoms with van der Waals surface area (Å²) in [4.78, 5) is 13.5. The Labute approximate surface area is 92.4 Å². The van der Waals surface area contributed by atoms with Crippen molar-refractivity contribution in [2.45, 2.75) is 38.3 Å². The van der Waals surface area contributed by atoms with Crippen molar-refractivity contribution in [3.05, 3.63) is 0 Å². The van der Waals surface area contributed by atoms with Crippen molar-refractivity contribution >= 4 is 5.91 Å². The number of likely N-dealkylation sites (N-methyl/N-ethyl adjacent to an activating group) is 2. The highest BCUT2D eigenvalue weighted by Crippen LogP contribution is 2.09. The fraction of sp³-hybridized carbons (Fsp3) is 0.909. The summed E-state index contributed by atoms with van der Waals surface area (Å²) in [6.45, 7) is 4.02. The molecule has 1 amide bonds. The lowest BCUT2D eigenvalue weighted by Crippen LogP contribution is -2.49. The maximum absolute atomic E-state index is 11.4. The van der Waals surface area contributed by atoms with Crippen LogP contribution in [-0.4, -0.2) is 50.1 Å². The number of carbonyl (C=O) groups excluding carboxylic acids is 1. The van der Waals surface area contributed by atoms with Gasteiger partial charge in [-0.3, -0.25) is 9.69 Å². The second-order valence-electron chi connectivity index (χ2n) is 4.38. The molecule has 0 aliphatic carbocycles. The molecule has 2 unspecified atom stereocenters. The average molecular weight is 213 g/mol. The van der Waals surface area contributed by atoms with Gasteiger partial charge in [0.25, 0.3) is 0 Å². The summed E-state index contributed by atoms with van der Waals surface area (Å²) in [6, 6.07) is 0.509. The van der Waals surface area contributed by atoms with Gasteiger partial charge >= 0.3 is 0 Å². The van der Waals surface area contributed by atoms with Gasteiger partial charge in [0.15, 0.2) is 0 Å². The molecule has 1 saturated heterocycles. The lowest BCUT2D eigenvalue weighted by Gasteiger charge is -2.30. The molecule has 15 heavy (non-hydrogen) atoms. The van der Waals surface area contributed by atoms with E-state index in [0.29, 0.717) is 6.04 Å². The second kappa shape index (κ2) is 6.08. The van der Waals surface area contributed by atoms with E-state index in [1.165, 1.54) is 19.3 Å². The molecule has 1 aliphatic heterocycles. The Kier molecular flexibility index (Phi) is 5.05. The lowest BCUT2D eigenvalue weighted by molar-refractivity contribution is -0.125. The highest BCUT2D eigenvalue weighted by molar-refractivity contribution is 5.80. The third kappa shape index (κ3) is 3.80. The van der Waals surface area contributed by atoms with Crippen LogP contribution >= 0.6 is 0 Å². The Morgan fingerprint density at radius 2 is 2.33 bits per heavy atom. The van der Waals surface area contributed by atoms with Gasteiger partial charge in [-0.05, 0) is 33.4 Å². The van der Waals surface area contributed by atoms with Crippen molar-refractivity contribution in [3.8, 4) is 0 Å². The third-order valence-electron chi connectivity index (χ3n) is 3.21. The van der Waals surface area contributed by atoms with E-state index in [4.69, 9.17) is 0 Å². The van der Waals surface area contributed by atoms with Crippen molar-refractivity contribution < 1.29 is 4.79 Å². The molecule has 0 saturated carbocycles. The smallest absolute Gasteiger partial charge is 0.236 e. The summed E-state index contributed by atoms with van der Waals surface area (Å²) in [6.07, 6.45) is 3.82. The lowest BCUT2D eigenvalue weighted by atomic mass is 10.0. The monoisotopic (exact) mass is 213 g/mol. The van der Waals surface area contributed by atoms with Gasteiger partial charge in [-0.15, -0.1) is 0 Å².